The fourth-order valence-corrected chi connectivity index (χ4v) is 2.60. The number of pyridine rings is 1. The van der Waals surface area contributed by atoms with E-state index in [9.17, 15) is 4.79 Å². The average molecular weight is 375 g/mol. The van der Waals surface area contributed by atoms with Crippen LogP contribution in [0.2, 0.25) is 0 Å². The molecule has 0 aliphatic rings. The second-order valence-corrected chi connectivity index (χ2v) is 7.56. The zero-order chi connectivity index (χ0) is 20.0. The molecule has 0 aliphatic carbocycles. The maximum Gasteiger partial charge on any atom is 0.255 e. The van der Waals surface area contributed by atoms with Crippen LogP contribution in [0.15, 0.2) is 72.9 Å². The third-order valence-electron chi connectivity index (χ3n) is 3.89. The highest BCUT2D eigenvalue weighted by Gasteiger charge is 2.12. The van der Waals surface area contributed by atoms with Crippen molar-refractivity contribution in [2.75, 3.05) is 10.6 Å². The van der Waals surface area contributed by atoms with Gasteiger partial charge < -0.3 is 15.4 Å². The number of nitrogens with one attached hydrogen (secondary N) is 2. The summed E-state index contributed by atoms with van der Waals surface area (Å²) < 4.78 is 5.77. The number of nitrogens with zero attached hydrogens (tertiary/aromatic N) is 1. The molecule has 28 heavy (non-hydrogen) atoms. The topological polar surface area (TPSA) is 63.2 Å². The number of rotatable bonds is 6. The minimum atomic E-state index is -0.183. The molecule has 0 unspecified atom stereocenters. The summed E-state index contributed by atoms with van der Waals surface area (Å²) in [5.74, 6) is 1.24. The average Bonchev–Trinajstić information content (AvgIpc) is 2.67. The van der Waals surface area contributed by atoms with Crippen LogP contribution in [0.4, 0.5) is 11.5 Å². The van der Waals surface area contributed by atoms with Gasteiger partial charge in [-0.2, -0.15) is 0 Å². The van der Waals surface area contributed by atoms with E-state index >= 15 is 0 Å². The highest BCUT2D eigenvalue weighted by atomic mass is 16.5. The first-order valence-electron chi connectivity index (χ1n) is 9.21. The fourth-order valence-electron chi connectivity index (χ4n) is 2.60. The van der Waals surface area contributed by atoms with Gasteiger partial charge in [0.2, 0.25) is 0 Å². The minimum absolute atomic E-state index is 0.127. The molecule has 1 amide bonds. The summed E-state index contributed by atoms with van der Waals surface area (Å²) in [6.45, 7) is 6.64. The van der Waals surface area contributed by atoms with Crippen LogP contribution in [0.25, 0.3) is 0 Å². The van der Waals surface area contributed by atoms with Crippen molar-refractivity contribution in [3.8, 4) is 5.75 Å². The summed E-state index contributed by atoms with van der Waals surface area (Å²) in [6.07, 6.45) is 1.63. The van der Waals surface area contributed by atoms with Gasteiger partial charge >= 0.3 is 0 Å². The molecule has 0 atom stereocenters. The minimum Gasteiger partial charge on any atom is -0.489 e. The summed E-state index contributed by atoms with van der Waals surface area (Å²) in [4.78, 5) is 16.8. The van der Waals surface area contributed by atoms with Crippen LogP contribution < -0.4 is 15.4 Å². The van der Waals surface area contributed by atoms with Gasteiger partial charge in [-0.25, -0.2) is 4.98 Å². The highest BCUT2D eigenvalue weighted by Crippen LogP contribution is 2.19. The molecule has 0 aliphatic heterocycles. The van der Waals surface area contributed by atoms with Crippen LogP contribution in [0.5, 0.6) is 5.75 Å². The largest absolute Gasteiger partial charge is 0.489 e. The van der Waals surface area contributed by atoms with Crippen LogP contribution in [-0.2, 0) is 6.61 Å². The Kier molecular flexibility index (Phi) is 5.94. The van der Waals surface area contributed by atoms with E-state index in [1.165, 1.54) is 0 Å². The first-order chi connectivity index (χ1) is 13.4. The van der Waals surface area contributed by atoms with Crippen molar-refractivity contribution in [1.82, 2.24) is 4.98 Å². The Morgan fingerprint density at radius 3 is 2.39 bits per heavy atom. The maximum absolute atomic E-state index is 12.5. The van der Waals surface area contributed by atoms with Gasteiger partial charge in [0.15, 0.2) is 0 Å². The molecule has 5 heteroatoms. The van der Waals surface area contributed by atoms with E-state index in [4.69, 9.17) is 4.74 Å². The zero-order valence-corrected chi connectivity index (χ0v) is 16.4. The molecule has 0 fully saturated rings. The molecule has 0 saturated heterocycles. The summed E-state index contributed by atoms with van der Waals surface area (Å²) in [5, 5.41) is 6.17. The maximum atomic E-state index is 12.5. The van der Waals surface area contributed by atoms with E-state index in [0.29, 0.717) is 23.7 Å². The van der Waals surface area contributed by atoms with Gasteiger partial charge in [0.1, 0.15) is 18.2 Å². The highest BCUT2D eigenvalue weighted by molar-refractivity contribution is 6.04. The molecule has 2 N–H and O–H groups in total. The van der Waals surface area contributed by atoms with Crippen molar-refractivity contribution in [1.29, 1.82) is 0 Å². The number of carbonyl (C=O) groups excluding carboxylic acids is 1. The van der Waals surface area contributed by atoms with Crippen LogP contribution in [0.3, 0.4) is 0 Å². The third kappa shape index (κ3) is 5.84. The Morgan fingerprint density at radius 2 is 1.71 bits per heavy atom. The van der Waals surface area contributed by atoms with E-state index in [1.807, 2.05) is 75.4 Å². The first kappa shape index (κ1) is 19.4. The molecular weight excluding hydrogens is 350 g/mol. The van der Waals surface area contributed by atoms with Gasteiger partial charge in [-0.3, -0.25) is 4.79 Å². The van der Waals surface area contributed by atoms with Gasteiger partial charge in [-0.1, -0.05) is 30.3 Å². The Hall–Kier alpha value is -3.34. The zero-order valence-electron chi connectivity index (χ0n) is 16.4. The Bertz CT molecular complexity index is 917. The van der Waals surface area contributed by atoms with E-state index in [2.05, 4.69) is 15.6 Å². The standard InChI is InChI=1S/C23H25N3O2/c1-23(2,3)26-21-15-18(13-14-24-21)22(27)25-19-9-11-20(12-10-19)28-16-17-7-5-4-6-8-17/h4-15H,16H2,1-3H3,(H,24,26)(H,25,27). The molecule has 5 nitrogen and oxygen atoms in total. The van der Waals surface area contributed by atoms with Crippen molar-refractivity contribution in [3.63, 3.8) is 0 Å². The summed E-state index contributed by atoms with van der Waals surface area (Å²) >= 11 is 0. The lowest BCUT2D eigenvalue weighted by molar-refractivity contribution is 0.102. The van der Waals surface area contributed by atoms with Crippen molar-refractivity contribution in [2.45, 2.75) is 32.9 Å². The van der Waals surface area contributed by atoms with Gasteiger partial charge in [0.05, 0.1) is 0 Å². The molecule has 1 heterocycles. The number of ether oxygens (including phenoxy) is 1. The quantitative estimate of drug-likeness (QED) is 0.627. The number of benzene rings is 2. The molecule has 3 aromatic rings. The van der Waals surface area contributed by atoms with Crippen LogP contribution in [0, 0.1) is 0 Å². The molecule has 1 aromatic heterocycles. The number of carbonyl (C=O) groups is 1. The number of hydrogen-bond acceptors (Lipinski definition) is 4. The van der Waals surface area contributed by atoms with Gasteiger partial charge in [-0.15, -0.1) is 0 Å². The molecule has 0 spiro atoms. The predicted molar refractivity (Wildman–Crippen MR) is 113 cm³/mol. The Labute approximate surface area is 165 Å². The van der Waals surface area contributed by atoms with Crippen molar-refractivity contribution < 1.29 is 9.53 Å². The third-order valence-corrected chi connectivity index (χ3v) is 3.89. The van der Waals surface area contributed by atoms with Gasteiger partial charge in [0.25, 0.3) is 5.91 Å². The molecule has 0 bridgehead atoms. The summed E-state index contributed by atoms with van der Waals surface area (Å²) in [5.41, 5.74) is 2.24. The predicted octanol–water partition coefficient (Wildman–Crippen LogP) is 5.12. The van der Waals surface area contributed by atoms with Crippen LogP contribution >= 0.6 is 0 Å². The normalized spacial score (nSPS) is 11.0. The van der Waals surface area contributed by atoms with E-state index in [0.717, 1.165) is 11.3 Å². The van der Waals surface area contributed by atoms with E-state index in [1.54, 1.807) is 18.3 Å². The molecular formula is C23H25N3O2. The smallest absolute Gasteiger partial charge is 0.255 e. The van der Waals surface area contributed by atoms with Crippen molar-refractivity contribution in [2.24, 2.45) is 0 Å². The molecule has 3 rings (SSSR count). The van der Waals surface area contributed by atoms with Crippen molar-refractivity contribution >= 4 is 17.4 Å². The lowest BCUT2D eigenvalue weighted by atomic mass is 10.1. The lowest BCUT2D eigenvalue weighted by Gasteiger charge is -2.21. The van der Waals surface area contributed by atoms with Crippen LogP contribution in [0.1, 0.15) is 36.7 Å². The molecule has 2 aromatic carbocycles. The Morgan fingerprint density at radius 1 is 1.00 bits per heavy atom. The van der Waals surface area contributed by atoms with Crippen molar-refractivity contribution in [3.05, 3.63) is 84.1 Å². The molecule has 144 valence electrons. The van der Waals surface area contributed by atoms with E-state index < -0.39 is 0 Å². The second-order valence-electron chi connectivity index (χ2n) is 7.56. The van der Waals surface area contributed by atoms with Crippen LogP contribution in [-0.4, -0.2) is 16.4 Å². The first-order valence-corrected chi connectivity index (χ1v) is 9.21. The lowest BCUT2D eigenvalue weighted by Crippen LogP contribution is -2.26. The number of hydrogen-bond donors (Lipinski definition) is 2. The monoisotopic (exact) mass is 375 g/mol. The summed E-state index contributed by atoms with van der Waals surface area (Å²) in [6, 6.07) is 20.8. The molecule has 0 radical (unpaired) electrons. The second kappa shape index (κ2) is 8.57. The SMILES string of the molecule is CC(C)(C)Nc1cc(C(=O)Nc2ccc(OCc3ccccc3)cc2)ccn1. The summed E-state index contributed by atoms with van der Waals surface area (Å²) in [7, 11) is 0. The Balaban J connectivity index is 1.59. The van der Waals surface area contributed by atoms with Gasteiger partial charge in [-0.05, 0) is 62.7 Å². The van der Waals surface area contributed by atoms with E-state index in [-0.39, 0.29) is 11.4 Å². The number of amides is 1. The number of aromatic nitrogens is 1. The number of anilines is 2. The molecule has 0 saturated carbocycles. The van der Waals surface area contributed by atoms with Gasteiger partial charge in [0, 0.05) is 23.0 Å². The fraction of sp³-hybridized carbons (Fsp3) is 0.217.